The van der Waals surface area contributed by atoms with Crippen molar-refractivity contribution in [3.63, 3.8) is 0 Å². The van der Waals surface area contributed by atoms with Crippen LogP contribution < -0.4 is 5.73 Å². The van der Waals surface area contributed by atoms with Crippen molar-refractivity contribution in [2.45, 2.75) is 18.8 Å². The van der Waals surface area contributed by atoms with Gasteiger partial charge in [0.2, 0.25) is 0 Å². The molecule has 1 aromatic heterocycles. The molecule has 2 N–H and O–H groups in total. The first kappa shape index (κ1) is 11.9. The molecule has 0 bridgehead atoms. The normalized spacial score (nSPS) is 14.6. The summed E-state index contributed by atoms with van der Waals surface area (Å²) in [5.74, 6) is 0.608. The van der Waals surface area contributed by atoms with Crippen molar-refractivity contribution < 1.29 is 4.92 Å². The number of nitrogens with two attached hydrogens (primary N) is 1. The maximum absolute atomic E-state index is 11.1. The van der Waals surface area contributed by atoms with Crippen molar-refractivity contribution in [2.24, 2.45) is 0 Å². The van der Waals surface area contributed by atoms with Crippen LogP contribution in [-0.4, -0.2) is 19.9 Å². The highest BCUT2D eigenvalue weighted by Crippen LogP contribution is 2.43. The van der Waals surface area contributed by atoms with E-state index in [-0.39, 0.29) is 11.6 Å². The molecule has 7 nitrogen and oxygen atoms in total. The molecule has 0 spiro atoms. The highest BCUT2D eigenvalue weighted by molar-refractivity contribution is 6.30. The summed E-state index contributed by atoms with van der Waals surface area (Å²) in [7, 11) is 0. The summed E-state index contributed by atoms with van der Waals surface area (Å²) in [5, 5.41) is 19.1. The fraction of sp³-hybridized carbons (Fsp3) is 0.273. The number of benzene rings is 1. The molecule has 1 heterocycles. The van der Waals surface area contributed by atoms with Crippen molar-refractivity contribution in [1.29, 1.82) is 0 Å². The second-order valence-electron chi connectivity index (χ2n) is 4.44. The Hall–Kier alpha value is -2.15. The number of aromatic nitrogens is 3. The van der Waals surface area contributed by atoms with E-state index in [9.17, 15) is 10.1 Å². The Morgan fingerprint density at radius 3 is 2.84 bits per heavy atom. The molecule has 0 aliphatic heterocycles. The maximum Gasteiger partial charge on any atom is 0.296 e. The zero-order valence-electron chi connectivity index (χ0n) is 9.78. The molecule has 0 saturated heterocycles. The number of halogens is 1. The summed E-state index contributed by atoms with van der Waals surface area (Å²) in [4.78, 5) is 10.6. The molecule has 2 aromatic rings. The first-order valence-electron chi connectivity index (χ1n) is 5.73. The maximum atomic E-state index is 11.1. The Labute approximate surface area is 113 Å². The van der Waals surface area contributed by atoms with Gasteiger partial charge >= 0.3 is 0 Å². The van der Waals surface area contributed by atoms with E-state index in [2.05, 4.69) is 10.3 Å². The third kappa shape index (κ3) is 2.01. The topological polar surface area (TPSA) is 99.9 Å². The quantitative estimate of drug-likeness (QED) is 0.686. The first-order valence-corrected chi connectivity index (χ1v) is 6.11. The minimum absolute atomic E-state index is 0.112. The summed E-state index contributed by atoms with van der Waals surface area (Å²) >= 11 is 5.79. The van der Waals surface area contributed by atoms with Gasteiger partial charge in [0.1, 0.15) is 5.69 Å². The fourth-order valence-electron chi connectivity index (χ4n) is 2.04. The zero-order chi connectivity index (χ0) is 13.6. The van der Waals surface area contributed by atoms with Crippen molar-refractivity contribution in [3.05, 3.63) is 39.0 Å². The molecule has 0 amide bonds. The number of rotatable bonds is 3. The fourth-order valence-corrected chi connectivity index (χ4v) is 2.21. The Morgan fingerprint density at radius 2 is 2.21 bits per heavy atom. The van der Waals surface area contributed by atoms with Crippen LogP contribution >= 0.6 is 11.6 Å². The lowest BCUT2D eigenvalue weighted by Crippen LogP contribution is -2.06. The van der Waals surface area contributed by atoms with Gasteiger partial charge < -0.3 is 5.73 Å². The van der Waals surface area contributed by atoms with Crippen LogP contribution in [0.15, 0.2) is 18.2 Å². The van der Waals surface area contributed by atoms with Gasteiger partial charge in [-0.2, -0.15) is 0 Å². The molecule has 0 radical (unpaired) electrons. The molecular formula is C11H10ClN5O2. The van der Waals surface area contributed by atoms with Gasteiger partial charge in [0.05, 0.1) is 10.6 Å². The van der Waals surface area contributed by atoms with Gasteiger partial charge in [-0.05, 0) is 25.0 Å². The minimum atomic E-state index is -0.490. The number of nitro benzene ring substituents is 1. The zero-order valence-corrected chi connectivity index (χ0v) is 10.5. The van der Waals surface area contributed by atoms with Gasteiger partial charge in [0, 0.05) is 17.0 Å². The van der Waals surface area contributed by atoms with Crippen LogP contribution in [0.2, 0.25) is 5.02 Å². The molecule has 1 fully saturated rings. The lowest BCUT2D eigenvalue weighted by atomic mass is 10.2. The molecule has 1 saturated carbocycles. The molecular weight excluding hydrogens is 270 g/mol. The largest absolute Gasteiger partial charge is 0.381 e. The SMILES string of the molecule is Nc1nnn(-c2ccc(Cl)cc2[N+](=O)[O-])c1C1CC1. The van der Waals surface area contributed by atoms with Crippen molar-refractivity contribution in [3.8, 4) is 5.69 Å². The van der Waals surface area contributed by atoms with E-state index in [1.807, 2.05) is 0 Å². The molecule has 98 valence electrons. The summed E-state index contributed by atoms with van der Waals surface area (Å²) in [6.45, 7) is 0. The molecule has 1 aromatic carbocycles. The number of nitro groups is 1. The van der Waals surface area contributed by atoms with Gasteiger partial charge in [0.15, 0.2) is 5.82 Å². The Bertz CT molecular complexity index is 665. The summed E-state index contributed by atoms with van der Waals surface area (Å²) < 4.78 is 1.45. The minimum Gasteiger partial charge on any atom is -0.381 e. The Kier molecular flexibility index (Phi) is 2.63. The predicted molar refractivity (Wildman–Crippen MR) is 69.4 cm³/mol. The molecule has 1 aliphatic carbocycles. The molecule has 0 atom stereocenters. The second-order valence-corrected chi connectivity index (χ2v) is 4.87. The third-order valence-electron chi connectivity index (χ3n) is 3.06. The van der Waals surface area contributed by atoms with E-state index < -0.39 is 4.92 Å². The number of hydrogen-bond acceptors (Lipinski definition) is 5. The summed E-state index contributed by atoms with van der Waals surface area (Å²) in [6, 6.07) is 4.43. The van der Waals surface area contributed by atoms with Gasteiger partial charge in [-0.1, -0.05) is 16.8 Å². The van der Waals surface area contributed by atoms with Crippen molar-refractivity contribution in [1.82, 2.24) is 15.0 Å². The number of nitrogen functional groups attached to an aromatic ring is 1. The highest BCUT2D eigenvalue weighted by atomic mass is 35.5. The van der Waals surface area contributed by atoms with Crippen LogP contribution in [0.3, 0.4) is 0 Å². The summed E-state index contributed by atoms with van der Waals surface area (Å²) in [6.07, 6.45) is 2.00. The number of anilines is 1. The molecule has 3 rings (SSSR count). The lowest BCUT2D eigenvalue weighted by molar-refractivity contribution is -0.384. The van der Waals surface area contributed by atoms with E-state index in [1.54, 1.807) is 12.1 Å². The van der Waals surface area contributed by atoms with Gasteiger partial charge in [0.25, 0.3) is 5.69 Å². The third-order valence-corrected chi connectivity index (χ3v) is 3.29. The summed E-state index contributed by atoms with van der Waals surface area (Å²) in [5.41, 5.74) is 6.75. The highest BCUT2D eigenvalue weighted by Gasteiger charge is 2.32. The van der Waals surface area contributed by atoms with Gasteiger partial charge in [-0.25, -0.2) is 4.68 Å². The molecule has 0 unspecified atom stereocenters. The average Bonchev–Trinajstić information content (AvgIpc) is 3.13. The number of hydrogen-bond donors (Lipinski definition) is 1. The van der Waals surface area contributed by atoms with Crippen LogP contribution in [-0.2, 0) is 0 Å². The average molecular weight is 280 g/mol. The standard InChI is InChI=1S/C11H10ClN5O2/c12-7-3-4-8(9(5-7)17(18)19)16-10(6-1-2-6)11(13)14-15-16/h3-6H,1-2,13H2. The van der Waals surface area contributed by atoms with Gasteiger partial charge in [-0.3, -0.25) is 10.1 Å². The van der Waals surface area contributed by atoms with E-state index in [0.717, 1.165) is 18.5 Å². The van der Waals surface area contributed by atoms with E-state index in [1.165, 1.54) is 10.7 Å². The molecule has 1 aliphatic rings. The van der Waals surface area contributed by atoms with E-state index in [4.69, 9.17) is 17.3 Å². The predicted octanol–water partition coefficient (Wildman–Crippen LogP) is 2.29. The van der Waals surface area contributed by atoms with Crippen molar-refractivity contribution >= 4 is 23.1 Å². The molecule has 19 heavy (non-hydrogen) atoms. The second kappa shape index (κ2) is 4.20. The smallest absolute Gasteiger partial charge is 0.296 e. The monoisotopic (exact) mass is 279 g/mol. The van der Waals surface area contributed by atoms with Crippen LogP contribution in [0.25, 0.3) is 5.69 Å². The number of nitrogens with zero attached hydrogens (tertiary/aromatic N) is 4. The van der Waals surface area contributed by atoms with E-state index >= 15 is 0 Å². The van der Waals surface area contributed by atoms with Crippen LogP contribution in [0.5, 0.6) is 0 Å². The van der Waals surface area contributed by atoms with Crippen molar-refractivity contribution in [2.75, 3.05) is 5.73 Å². The van der Waals surface area contributed by atoms with Gasteiger partial charge in [-0.15, -0.1) is 5.10 Å². The lowest BCUT2D eigenvalue weighted by Gasteiger charge is -2.06. The Morgan fingerprint density at radius 1 is 1.47 bits per heavy atom. The van der Waals surface area contributed by atoms with Crippen LogP contribution in [0.4, 0.5) is 11.5 Å². The first-order chi connectivity index (χ1) is 9.08. The van der Waals surface area contributed by atoms with Crippen LogP contribution in [0.1, 0.15) is 24.5 Å². The van der Waals surface area contributed by atoms with E-state index in [0.29, 0.717) is 16.5 Å². The Balaban J connectivity index is 2.19. The van der Waals surface area contributed by atoms with Crippen LogP contribution in [0, 0.1) is 10.1 Å². The molecule has 8 heteroatoms.